The predicted octanol–water partition coefficient (Wildman–Crippen LogP) is -2.86. The fourth-order valence-electron chi connectivity index (χ4n) is 1.83. The molecule has 2 aromatic heterocycles. The number of fused-ring (bicyclic) bond motifs is 1. The number of aryl methyl sites for hydroxylation is 3. The van der Waals surface area contributed by atoms with E-state index in [4.69, 9.17) is 0 Å². The number of imidazole rings is 1. The standard InChI is InChI=1S/C11H14N4O.ClH/c1-7-5-8(2)15-6-13-9(10(16)12-3)11(15)14(7)4;/h5-6H,1-4H3;1H. The van der Waals surface area contributed by atoms with Gasteiger partial charge in [-0.3, -0.25) is 4.79 Å². The van der Waals surface area contributed by atoms with Crippen LogP contribution in [0.5, 0.6) is 0 Å². The third-order valence-corrected chi connectivity index (χ3v) is 2.83. The van der Waals surface area contributed by atoms with Crippen molar-refractivity contribution < 1.29 is 21.8 Å². The summed E-state index contributed by atoms with van der Waals surface area (Å²) in [5.41, 5.74) is 3.43. The summed E-state index contributed by atoms with van der Waals surface area (Å²) in [6, 6.07) is 2.06. The molecule has 2 heterocycles. The molecule has 0 spiro atoms. The summed E-state index contributed by atoms with van der Waals surface area (Å²) in [4.78, 5) is 15.8. The molecule has 0 aliphatic rings. The molecule has 0 fully saturated rings. The Hall–Kier alpha value is -1.62. The first-order valence-corrected chi connectivity index (χ1v) is 5.11. The molecule has 0 unspecified atom stereocenters. The van der Waals surface area contributed by atoms with E-state index in [1.54, 1.807) is 13.4 Å². The number of hydrogen-bond donors (Lipinski definition) is 1. The molecule has 1 amide bonds. The van der Waals surface area contributed by atoms with Crippen LogP contribution in [0, 0.1) is 13.8 Å². The lowest BCUT2D eigenvalue weighted by atomic mass is 10.3. The van der Waals surface area contributed by atoms with Crippen molar-refractivity contribution >= 4 is 11.6 Å². The minimum atomic E-state index is -0.164. The molecule has 2 aromatic rings. The minimum Gasteiger partial charge on any atom is -1.00 e. The Morgan fingerprint density at radius 3 is 2.71 bits per heavy atom. The van der Waals surface area contributed by atoms with Gasteiger partial charge in [0.1, 0.15) is 11.4 Å². The van der Waals surface area contributed by atoms with Crippen molar-refractivity contribution in [3.05, 3.63) is 29.5 Å². The highest BCUT2D eigenvalue weighted by atomic mass is 35.5. The molecule has 0 saturated carbocycles. The molecular weight excluding hydrogens is 240 g/mol. The average molecular weight is 255 g/mol. The van der Waals surface area contributed by atoms with E-state index in [0.29, 0.717) is 5.69 Å². The van der Waals surface area contributed by atoms with Crippen LogP contribution in [0.2, 0.25) is 0 Å². The van der Waals surface area contributed by atoms with Gasteiger partial charge in [0, 0.05) is 13.1 Å². The van der Waals surface area contributed by atoms with E-state index in [1.165, 1.54) is 0 Å². The molecule has 2 rings (SSSR count). The zero-order valence-electron chi connectivity index (χ0n) is 10.3. The Balaban J connectivity index is 0.00000144. The number of nitrogens with zero attached hydrogens (tertiary/aromatic N) is 3. The maximum atomic E-state index is 11.7. The summed E-state index contributed by atoms with van der Waals surface area (Å²) < 4.78 is 3.88. The quantitative estimate of drug-likeness (QED) is 0.557. The number of nitrogens with one attached hydrogen (secondary N) is 1. The van der Waals surface area contributed by atoms with E-state index in [1.807, 2.05) is 29.9 Å². The molecule has 0 saturated heterocycles. The van der Waals surface area contributed by atoms with Crippen LogP contribution >= 0.6 is 0 Å². The number of amides is 1. The minimum absolute atomic E-state index is 0. The highest BCUT2D eigenvalue weighted by molar-refractivity contribution is 5.97. The number of halogens is 1. The Kier molecular flexibility index (Phi) is 3.72. The Labute approximate surface area is 106 Å². The lowest BCUT2D eigenvalue weighted by molar-refractivity contribution is -0.654. The van der Waals surface area contributed by atoms with Gasteiger partial charge in [-0.25, -0.2) is 9.55 Å². The van der Waals surface area contributed by atoms with Crippen molar-refractivity contribution in [3.8, 4) is 0 Å². The second kappa shape index (κ2) is 4.71. The fourth-order valence-corrected chi connectivity index (χ4v) is 1.83. The summed E-state index contributed by atoms with van der Waals surface area (Å²) >= 11 is 0. The molecule has 6 heteroatoms. The van der Waals surface area contributed by atoms with Crippen molar-refractivity contribution in [2.75, 3.05) is 7.05 Å². The van der Waals surface area contributed by atoms with Crippen LogP contribution in [-0.4, -0.2) is 22.3 Å². The molecule has 1 N–H and O–H groups in total. The molecule has 0 bridgehead atoms. The smallest absolute Gasteiger partial charge is 0.319 e. The van der Waals surface area contributed by atoms with Gasteiger partial charge in [-0.1, -0.05) is 0 Å². The van der Waals surface area contributed by atoms with Gasteiger partial charge < -0.3 is 17.7 Å². The van der Waals surface area contributed by atoms with Gasteiger partial charge in [0.25, 0.3) is 5.91 Å². The van der Waals surface area contributed by atoms with Gasteiger partial charge in [-0.2, -0.15) is 4.40 Å². The van der Waals surface area contributed by atoms with Crippen LogP contribution < -0.4 is 22.3 Å². The molecule has 0 aromatic carbocycles. The van der Waals surface area contributed by atoms with Crippen molar-refractivity contribution in [1.29, 1.82) is 0 Å². The monoisotopic (exact) mass is 254 g/mol. The van der Waals surface area contributed by atoms with Crippen LogP contribution in [0.4, 0.5) is 0 Å². The third-order valence-electron chi connectivity index (χ3n) is 2.83. The maximum Gasteiger partial charge on any atom is 0.319 e. The van der Waals surface area contributed by atoms with Gasteiger partial charge in [-0.05, 0) is 13.8 Å². The van der Waals surface area contributed by atoms with E-state index in [9.17, 15) is 4.79 Å². The normalized spacial score (nSPS) is 10.1. The summed E-state index contributed by atoms with van der Waals surface area (Å²) in [5.74, 6) is -0.164. The van der Waals surface area contributed by atoms with Crippen molar-refractivity contribution in [2.45, 2.75) is 13.8 Å². The van der Waals surface area contributed by atoms with Gasteiger partial charge in [-0.15, -0.1) is 0 Å². The van der Waals surface area contributed by atoms with Gasteiger partial charge >= 0.3 is 5.65 Å². The third kappa shape index (κ3) is 1.98. The highest BCUT2D eigenvalue weighted by Crippen LogP contribution is 2.09. The zero-order valence-corrected chi connectivity index (χ0v) is 11.0. The molecule has 0 radical (unpaired) electrons. The van der Waals surface area contributed by atoms with Crippen molar-refractivity contribution in [1.82, 2.24) is 14.7 Å². The second-order valence-corrected chi connectivity index (χ2v) is 3.85. The first-order chi connectivity index (χ1) is 7.56. The Morgan fingerprint density at radius 2 is 2.12 bits per heavy atom. The summed E-state index contributed by atoms with van der Waals surface area (Å²) in [5, 5.41) is 2.60. The fraction of sp³-hybridized carbons (Fsp3) is 0.364. The molecule has 92 valence electrons. The summed E-state index contributed by atoms with van der Waals surface area (Å²) in [6.45, 7) is 4.00. The van der Waals surface area contributed by atoms with Crippen molar-refractivity contribution in [2.24, 2.45) is 7.05 Å². The Bertz CT molecular complexity index is 576. The number of hydrogen-bond acceptors (Lipinski definition) is 2. The van der Waals surface area contributed by atoms with Crippen LogP contribution in [-0.2, 0) is 7.05 Å². The number of rotatable bonds is 1. The van der Waals surface area contributed by atoms with Crippen LogP contribution in [0.1, 0.15) is 21.9 Å². The SMILES string of the molecule is CNC(=O)c1ncn2c(C)cc(C)[n+](C)c12.[Cl-]. The zero-order chi connectivity index (χ0) is 11.9. The molecule has 0 atom stereocenters. The van der Waals surface area contributed by atoms with Crippen LogP contribution in [0.3, 0.4) is 0 Å². The summed E-state index contributed by atoms with van der Waals surface area (Å²) in [6.07, 6.45) is 1.68. The average Bonchev–Trinajstić information content (AvgIpc) is 2.70. The lowest BCUT2D eigenvalue weighted by Gasteiger charge is -2.02. The molecule has 17 heavy (non-hydrogen) atoms. The predicted molar refractivity (Wildman–Crippen MR) is 59.2 cm³/mol. The largest absolute Gasteiger partial charge is 1.00 e. The summed E-state index contributed by atoms with van der Waals surface area (Å²) in [7, 11) is 3.54. The van der Waals surface area contributed by atoms with Crippen LogP contribution in [0.25, 0.3) is 5.65 Å². The topological polar surface area (TPSA) is 50.3 Å². The molecule has 0 aliphatic heterocycles. The molecule has 0 aliphatic carbocycles. The second-order valence-electron chi connectivity index (χ2n) is 3.85. The van der Waals surface area contributed by atoms with Gasteiger partial charge in [0.15, 0.2) is 6.33 Å². The van der Waals surface area contributed by atoms with Crippen LogP contribution in [0.15, 0.2) is 12.4 Å². The molecule has 5 nitrogen and oxygen atoms in total. The number of carbonyl (C=O) groups excluding carboxylic acids is 1. The first-order valence-electron chi connectivity index (χ1n) is 5.11. The Morgan fingerprint density at radius 1 is 1.47 bits per heavy atom. The lowest BCUT2D eigenvalue weighted by Crippen LogP contribution is -3.00. The van der Waals surface area contributed by atoms with Gasteiger partial charge in [0.2, 0.25) is 5.69 Å². The maximum absolute atomic E-state index is 11.7. The van der Waals surface area contributed by atoms with E-state index < -0.39 is 0 Å². The highest BCUT2D eigenvalue weighted by Gasteiger charge is 2.22. The molecular formula is C11H15ClN4O. The van der Waals surface area contributed by atoms with E-state index in [2.05, 4.69) is 16.4 Å². The first kappa shape index (κ1) is 13.4. The van der Waals surface area contributed by atoms with E-state index in [-0.39, 0.29) is 18.3 Å². The number of carbonyl (C=O) groups is 1. The van der Waals surface area contributed by atoms with Crippen molar-refractivity contribution in [3.63, 3.8) is 0 Å². The van der Waals surface area contributed by atoms with Gasteiger partial charge in [0.05, 0.1) is 7.05 Å². The van der Waals surface area contributed by atoms with E-state index in [0.717, 1.165) is 17.0 Å². The number of aromatic nitrogens is 3. The van der Waals surface area contributed by atoms with E-state index >= 15 is 0 Å².